The Hall–Kier alpha value is -2.62. The Bertz CT molecular complexity index is 645. The quantitative estimate of drug-likeness (QED) is 0.725. The Morgan fingerprint density at radius 3 is 1.54 bits per heavy atom. The van der Waals surface area contributed by atoms with Crippen LogP contribution < -0.4 is 0 Å². The standard InChI is InChI=1S/C20H22O4/c1-15-5-3-7-17(11-15)13-23-19(21)9-10-20(22)24-14-18-8-4-6-16(2)12-18/h3-8,11-12H,9-10,13-14H2,1-2H3. The van der Waals surface area contributed by atoms with Gasteiger partial charge in [-0.2, -0.15) is 0 Å². The molecule has 4 heteroatoms. The number of carbonyl (C=O) groups is 2. The highest BCUT2D eigenvalue weighted by molar-refractivity contribution is 5.77. The summed E-state index contributed by atoms with van der Waals surface area (Å²) in [7, 11) is 0. The third-order valence-corrected chi connectivity index (χ3v) is 3.50. The third kappa shape index (κ3) is 6.24. The zero-order valence-electron chi connectivity index (χ0n) is 14.1. The number of rotatable bonds is 7. The molecule has 0 N–H and O–H groups in total. The van der Waals surface area contributed by atoms with Gasteiger partial charge in [0.25, 0.3) is 0 Å². The molecule has 0 aliphatic rings. The molecular weight excluding hydrogens is 304 g/mol. The molecule has 24 heavy (non-hydrogen) atoms. The van der Waals surface area contributed by atoms with Gasteiger partial charge in [0.15, 0.2) is 0 Å². The van der Waals surface area contributed by atoms with Gasteiger partial charge in [-0.1, -0.05) is 59.7 Å². The van der Waals surface area contributed by atoms with E-state index in [0.717, 1.165) is 22.3 Å². The highest BCUT2D eigenvalue weighted by atomic mass is 16.5. The van der Waals surface area contributed by atoms with Crippen LogP contribution in [0.1, 0.15) is 35.1 Å². The Kier molecular flexibility index (Phi) is 6.55. The van der Waals surface area contributed by atoms with Crippen molar-refractivity contribution in [3.8, 4) is 0 Å². The second-order valence-corrected chi connectivity index (χ2v) is 5.80. The topological polar surface area (TPSA) is 52.6 Å². The van der Waals surface area contributed by atoms with Gasteiger partial charge in [0.05, 0.1) is 12.8 Å². The van der Waals surface area contributed by atoms with Gasteiger partial charge in [0.2, 0.25) is 0 Å². The molecule has 0 heterocycles. The van der Waals surface area contributed by atoms with E-state index in [1.807, 2.05) is 62.4 Å². The van der Waals surface area contributed by atoms with E-state index in [-0.39, 0.29) is 26.1 Å². The van der Waals surface area contributed by atoms with Crippen LogP contribution in [0.3, 0.4) is 0 Å². The minimum Gasteiger partial charge on any atom is -0.461 e. The predicted molar refractivity (Wildman–Crippen MR) is 91.2 cm³/mol. The zero-order chi connectivity index (χ0) is 17.4. The molecule has 0 bridgehead atoms. The van der Waals surface area contributed by atoms with Crippen LogP contribution in [0, 0.1) is 13.8 Å². The third-order valence-electron chi connectivity index (χ3n) is 3.50. The maximum atomic E-state index is 11.7. The van der Waals surface area contributed by atoms with E-state index in [1.54, 1.807) is 0 Å². The molecule has 0 atom stereocenters. The first-order chi connectivity index (χ1) is 11.5. The molecule has 0 aliphatic carbocycles. The van der Waals surface area contributed by atoms with Crippen LogP contribution in [-0.4, -0.2) is 11.9 Å². The lowest BCUT2D eigenvalue weighted by atomic mass is 10.1. The van der Waals surface area contributed by atoms with Gasteiger partial charge in [-0.15, -0.1) is 0 Å². The number of ether oxygens (including phenoxy) is 2. The summed E-state index contributed by atoms with van der Waals surface area (Å²) in [6.07, 6.45) is 0.0525. The Balaban J connectivity index is 1.66. The lowest BCUT2D eigenvalue weighted by Crippen LogP contribution is -2.10. The largest absolute Gasteiger partial charge is 0.461 e. The normalized spacial score (nSPS) is 10.2. The molecule has 0 aliphatic heterocycles. The van der Waals surface area contributed by atoms with E-state index < -0.39 is 11.9 Å². The van der Waals surface area contributed by atoms with Crippen LogP contribution in [0.2, 0.25) is 0 Å². The lowest BCUT2D eigenvalue weighted by Gasteiger charge is -2.07. The average Bonchev–Trinajstić information content (AvgIpc) is 2.56. The van der Waals surface area contributed by atoms with Crippen molar-refractivity contribution in [1.29, 1.82) is 0 Å². The van der Waals surface area contributed by atoms with Gasteiger partial charge in [-0.25, -0.2) is 0 Å². The summed E-state index contributed by atoms with van der Waals surface area (Å²) < 4.78 is 10.3. The van der Waals surface area contributed by atoms with Crippen molar-refractivity contribution in [2.45, 2.75) is 39.9 Å². The molecule has 0 unspecified atom stereocenters. The van der Waals surface area contributed by atoms with E-state index in [0.29, 0.717) is 0 Å². The second-order valence-electron chi connectivity index (χ2n) is 5.80. The number of carbonyl (C=O) groups excluding carboxylic acids is 2. The Morgan fingerprint density at radius 1 is 0.750 bits per heavy atom. The Labute approximate surface area is 142 Å². The maximum absolute atomic E-state index is 11.7. The molecule has 2 aromatic carbocycles. The maximum Gasteiger partial charge on any atom is 0.306 e. The fourth-order valence-electron chi connectivity index (χ4n) is 2.28. The number of esters is 2. The summed E-state index contributed by atoms with van der Waals surface area (Å²) in [4.78, 5) is 23.4. The molecule has 0 spiro atoms. The van der Waals surface area contributed by atoms with Crippen molar-refractivity contribution in [2.75, 3.05) is 0 Å². The van der Waals surface area contributed by atoms with E-state index >= 15 is 0 Å². The number of aryl methyl sites for hydroxylation is 2. The van der Waals surface area contributed by atoms with Crippen LogP contribution in [0.25, 0.3) is 0 Å². The summed E-state index contributed by atoms with van der Waals surface area (Å²) in [5, 5.41) is 0. The molecular formula is C20H22O4. The average molecular weight is 326 g/mol. The molecule has 2 rings (SSSR count). The summed E-state index contributed by atoms with van der Waals surface area (Å²) in [6.45, 7) is 4.41. The number of hydrogen-bond acceptors (Lipinski definition) is 4. The summed E-state index contributed by atoms with van der Waals surface area (Å²) in [5.74, 6) is -0.798. The van der Waals surface area contributed by atoms with Crippen LogP contribution in [0.4, 0.5) is 0 Å². The minimum atomic E-state index is -0.399. The first-order valence-corrected chi connectivity index (χ1v) is 7.95. The smallest absolute Gasteiger partial charge is 0.306 e. The first kappa shape index (κ1) is 17.7. The van der Waals surface area contributed by atoms with Crippen LogP contribution in [-0.2, 0) is 32.3 Å². The molecule has 0 fully saturated rings. The van der Waals surface area contributed by atoms with Crippen molar-refractivity contribution >= 4 is 11.9 Å². The van der Waals surface area contributed by atoms with Gasteiger partial charge < -0.3 is 9.47 Å². The molecule has 0 amide bonds. The van der Waals surface area contributed by atoms with E-state index in [2.05, 4.69) is 0 Å². The second kappa shape index (κ2) is 8.87. The zero-order valence-corrected chi connectivity index (χ0v) is 14.1. The van der Waals surface area contributed by atoms with Gasteiger partial charge in [0.1, 0.15) is 13.2 Å². The molecule has 0 radical (unpaired) electrons. The van der Waals surface area contributed by atoms with Crippen molar-refractivity contribution in [2.24, 2.45) is 0 Å². The highest BCUT2D eigenvalue weighted by Gasteiger charge is 2.10. The minimum absolute atomic E-state index is 0.0263. The van der Waals surface area contributed by atoms with Gasteiger partial charge in [0, 0.05) is 0 Å². The monoisotopic (exact) mass is 326 g/mol. The predicted octanol–water partition coefficient (Wildman–Crippen LogP) is 3.87. The summed E-state index contributed by atoms with van der Waals surface area (Å²) in [5.41, 5.74) is 4.10. The van der Waals surface area contributed by atoms with Gasteiger partial charge >= 0.3 is 11.9 Å². The first-order valence-electron chi connectivity index (χ1n) is 7.95. The molecule has 0 aromatic heterocycles. The molecule has 4 nitrogen and oxygen atoms in total. The molecule has 126 valence electrons. The summed E-state index contributed by atoms with van der Waals surface area (Å²) >= 11 is 0. The van der Waals surface area contributed by atoms with E-state index in [9.17, 15) is 9.59 Å². The van der Waals surface area contributed by atoms with Crippen molar-refractivity contribution in [1.82, 2.24) is 0 Å². The van der Waals surface area contributed by atoms with Crippen molar-refractivity contribution in [3.05, 3.63) is 70.8 Å². The number of hydrogen-bond donors (Lipinski definition) is 0. The fraction of sp³-hybridized carbons (Fsp3) is 0.300. The van der Waals surface area contributed by atoms with E-state index in [1.165, 1.54) is 0 Å². The Morgan fingerprint density at radius 2 is 1.17 bits per heavy atom. The van der Waals surface area contributed by atoms with Gasteiger partial charge in [-0.3, -0.25) is 9.59 Å². The summed E-state index contributed by atoms with van der Waals surface area (Å²) in [6, 6.07) is 15.5. The van der Waals surface area contributed by atoms with Crippen molar-refractivity contribution in [3.63, 3.8) is 0 Å². The lowest BCUT2D eigenvalue weighted by molar-refractivity contribution is -0.151. The molecule has 0 saturated carbocycles. The van der Waals surface area contributed by atoms with E-state index in [4.69, 9.17) is 9.47 Å². The molecule has 0 saturated heterocycles. The highest BCUT2D eigenvalue weighted by Crippen LogP contribution is 2.08. The van der Waals surface area contributed by atoms with Crippen LogP contribution >= 0.6 is 0 Å². The molecule has 2 aromatic rings. The van der Waals surface area contributed by atoms with Gasteiger partial charge in [-0.05, 0) is 25.0 Å². The van der Waals surface area contributed by atoms with Crippen molar-refractivity contribution < 1.29 is 19.1 Å². The SMILES string of the molecule is Cc1cccc(COC(=O)CCC(=O)OCc2cccc(C)c2)c1. The van der Waals surface area contributed by atoms with Crippen LogP contribution in [0.15, 0.2) is 48.5 Å². The number of benzene rings is 2. The van der Waals surface area contributed by atoms with Crippen LogP contribution in [0.5, 0.6) is 0 Å². The fourth-order valence-corrected chi connectivity index (χ4v) is 2.28.